The first-order valence-electron chi connectivity index (χ1n) is 5.30. The fraction of sp³-hybridized carbons (Fsp3) is 0.364. The first-order valence-corrected chi connectivity index (χ1v) is 5.30. The minimum absolute atomic E-state index is 0.0133. The molecule has 0 aliphatic rings. The molecule has 0 radical (unpaired) electrons. The van der Waals surface area contributed by atoms with Gasteiger partial charge >= 0.3 is 0 Å². The Bertz CT molecular complexity index is 485. The van der Waals surface area contributed by atoms with Crippen LogP contribution in [0.3, 0.4) is 0 Å². The van der Waals surface area contributed by atoms with Crippen molar-refractivity contribution in [1.29, 1.82) is 0 Å². The van der Waals surface area contributed by atoms with Crippen molar-refractivity contribution in [3.63, 3.8) is 0 Å². The van der Waals surface area contributed by atoms with Gasteiger partial charge in [0.05, 0.1) is 17.6 Å². The topological polar surface area (TPSA) is 111 Å². The van der Waals surface area contributed by atoms with E-state index in [0.29, 0.717) is 11.3 Å². The maximum absolute atomic E-state index is 10.8. The Morgan fingerprint density at radius 1 is 1.50 bits per heavy atom. The molecule has 0 unspecified atom stereocenters. The number of benzene rings is 1. The molecule has 3 N–H and O–H groups in total. The largest absolute Gasteiger partial charge is 0.493 e. The van der Waals surface area contributed by atoms with Crippen LogP contribution in [0.4, 0.5) is 5.69 Å². The zero-order valence-electron chi connectivity index (χ0n) is 10.2. The smallest absolute Gasteiger partial charge is 0.276 e. The third-order valence-electron chi connectivity index (χ3n) is 2.43. The van der Waals surface area contributed by atoms with Gasteiger partial charge in [0.2, 0.25) is 0 Å². The van der Waals surface area contributed by atoms with Crippen LogP contribution in [0, 0.1) is 24.0 Å². The second kappa shape index (κ2) is 5.85. The Morgan fingerprint density at radius 2 is 2.17 bits per heavy atom. The van der Waals surface area contributed by atoms with Crippen LogP contribution in [0.1, 0.15) is 17.5 Å². The van der Waals surface area contributed by atoms with Gasteiger partial charge in [0.25, 0.3) is 5.69 Å². The van der Waals surface area contributed by atoms with Gasteiger partial charge in [-0.25, -0.2) is 0 Å². The second-order valence-corrected chi connectivity index (χ2v) is 3.85. The van der Waals surface area contributed by atoms with Gasteiger partial charge < -0.3 is 15.7 Å². The summed E-state index contributed by atoms with van der Waals surface area (Å²) in [5.74, 6) is 0.479. The average Bonchev–Trinajstić information content (AvgIpc) is 2.31. The highest BCUT2D eigenvalue weighted by Gasteiger charge is 2.14. The Kier molecular flexibility index (Phi) is 4.47. The highest BCUT2D eigenvalue weighted by molar-refractivity contribution is 5.79. The average molecular weight is 253 g/mol. The molecule has 0 bridgehead atoms. The minimum atomic E-state index is -0.453. The lowest BCUT2D eigenvalue weighted by Crippen LogP contribution is -2.15. The van der Waals surface area contributed by atoms with Crippen LogP contribution in [0.25, 0.3) is 0 Å². The third-order valence-corrected chi connectivity index (χ3v) is 2.43. The number of aryl methyl sites for hydroxylation is 2. The Labute approximate surface area is 104 Å². The molecule has 7 heteroatoms. The summed E-state index contributed by atoms with van der Waals surface area (Å²) in [7, 11) is 0. The van der Waals surface area contributed by atoms with Crippen molar-refractivity contribution in [2.45, 2.75) is 20.3 Å². The molecular weight excluding hydrogens is 238 g/mol. The summed E-state index contributed by atoms with van der Waals surface area (Å²) < 4.78 is 5.38. The molecule has 0 aromatic heterocycles. The number of nitro groups is 1. The van der Waals surface area contributed by atoms with E-state index in [1.807, 2.05) is 0 Å². The standard InChI is InChI=1S/C11H15N3O4/c1-7-5-8(2)10(6-9(7)14(16)17)18-4-3-11(12)13-15/h5-6,15H,3-4H2,1-2H3,(H2,12,13). The third kappa shape index (κ3) is 3.34. The van der Waals surface area contributed by atoms with E-state index in [-0.39, 0.29) is 24.6 Å². The number of ether oxygens (including phenoxy) is 1. The zero-order chi connectivity index (χ0) is 13.7. The summed E-state index contributed by atoms with van der Waals surface area (Å²) in [6.07, 6.45) is 0.248. The number of nitro benzene ring substituents is 1. The van der Waals surface area contributed by atoms with Gasteiger partial charge in [0.15, 0.2) is 0 Å². The van der Waals surface area contributed by atoms with Crippen LogP contribution in [0.5, 0.6) is 5.75 Å². The lowest BCUT2D eigenvalue weighted by atomic mass is 10.1. The molecule has 0 aliphatic heterocycles. The van der Waals surface area contributed by atoms with E-state index < -0.39 is 4.92 Å². The number of rotatable bonds is 5. The number of amidine groups is 1. The monoisotopic (exact) mass is 253 g/mol. The van der Waals surface area contributed by atoms with Crippen molar-refractivity contribution < 1.29 is 14.9 Å². The van der Waals surface area contributed by atoms with Crippen molar-refractivity contribution >= 4 is 11.5 Å². The molecule has 1 aromatic rings. The van der Waals surface area contributed by atoms with Crippen LogP contribution in [0.15, 0.2) is 17.3 Å². The molecule has 0 saturated heterocycles. The minimum Gasteiger partial charge on any atom is -0.493 e. The number of hydrogen-bond donors (Lipinski definition) is 2. The molecular formula is C11H15N3O4. The van der Waals surface area contributed by atoms with Gasteiger partial charge in [0, 0.05) is 12.0 Å². The van der Waals surface area contributed by atoms with E-state index >= 15 is 0 Å². The zero-order valence-corrected chi connectivity index (χ0v) is 10.2. The molecule has 0 heterocycles. The van der Waals surface area contributed by atoms with Crippen molar-refractivity contribution in [3.8, 4) is 5.75 Å². The predicted octanol–water partition coefficient (Wildman–Crippen LogP) is 1.73. The molecule has 0 saturated carbocycles. The van der Waals surface area contributed by atoms with E-state index in [2.05, 4.69) is 5.16 Å². The molecule has 0 aliphatic carbocycles. The lowest BCUT2D eigenvalue weighted by Gasteiger charge is -2.09. The summed E-state index contributed by atoms with van der Waals surface area (Å²) in [5, 5.41) is 22.0. The summed E-state index contributed by atoms with van der Waals surface area (Å²) in [5.41, 5.74) is 6.69. The van der Waals surface area contributed by atoms with Crippen LogP contribution >= 0.6 is 0 Å². The highest BCUT2D eigenvalue weighted by Crippen LogP contribution is 2.28. The number of oxime groups is 1. The fourth-order valence-electron chi connectivity index (χ4n) is 1.49. The lowest BCUT2D eigenvalue weighted by molar-refractivity contribution is -0.385. The van der Waals surface area contributed by atoms with Gasteiger partial charge in [-0.2, -0.15) is 0 Å². The van der Waals surface area contributed by atoms with Crippen molar-refractivity contribution in [2.24, 2.45) is 10.9 Å². The molecule has 1 rings (SSSR count). The molecule has 7 nitrogen and oxygen atoms in total. The molecule has 0 amide bonds. The first kappa shape index (κ1) is 13.8. The Hall–Kier alpha value is -2.31. The first-order chi connectivity index (χ1) is 8.45. The molecule has 18 heavy (non-hydrogen) atoms. The van der Waals surface area contributed by atoms with E-state index in [4.69, 9.17) is 15.7 Å². The van der Waals surface area contributed by atoms with Crippen molar-refractivity contribution in [1.82, 2.24) is 0 Å². The van der Waals surface area contributed by atoms with Crippen LogP contribution in [-0.4, -0.2) is 22.6 Å². The number of nitrogens with zero attached hydrogens (tertiary/aromatic N) is 2. The predicted molar refractivity (Wildman–Crippen MR) is 66.1 cm³/mol. The Balaban J connectivity index is 2.83. The van der Waals surface area contributed by atoms with E-state index in [0.717, 1.165) is 5.56 Å². The molecule has 1 aromatic carbocycles. The SMILES string of the molecule is Cc1cc(C)c([N+](=O)[O-])cc1OCC/C(N)=N/O. The summed E-state index contributed by atoms with van der Waals surface area (Å²) >= 11 is 0. The molecule has 98 valence electrons. The molecule has 0 atom stereocenters. The number of hydrogen-bond acceptors (Lipinski definition) is 5. The summed E-state index contributed by atoms with van der Waals surface area (Å²) in [6.45, 7) is 3.66. The quantitative estimate of drug-likeness (QED) is 0.273. The molecule has 0 spiro atoms. The fourth-order valence-corrected chi connectivity index (χ4v) is 1.49. The second-order valence-electron chi connectivity index (χ2n) is 3.85. The van der Waals surface area contributed by atoms with Gasteiger partial charge in [-0.3, -0.25) is 10.1 Å². The maximum atomic E-state index is 10.8. The highest BCUT2D eigenvalue weighted by atomic mass is 16.6. The summed E-state index contributed by atoms with van der Waals surface area (Å²) in [6, 6.07) is 3.08. The van der Waals surface area contributed by atoms with Crippen LogP contribution in [0.2, 0.25) is 0 Å². The normalized spacial score (nSPS) is 11.3. The van der Waals surface area contributed by atoms with E-state index in [9.17, 15) is 10.1 Å². The number of nitrogens with two attached hydrogens (primary N) is 1. The summed E-state index contributed by atoms with van der Waals surface area (Å²) in [4.78, 5) is 10.3. The van der Waals surface area contributed by atoms with Crippen molar-refractivity contribution in [3.05, 3.63) is 33.4 Å². The van der Waals surface area contributed by atoms with Crippen LogP contribution in [-0.2, 0) is 0 Å². The maximum Gasteiger partial charge on any atom is 0.276 e. The van der Waals surface area contributed by atoms with Crippen molar-refractivity contribution in [2.75, 3.05) is 6.61 Å². The van der Waals surface area contributed by atoms with Gasteiger partial charge in [0.1, 0.15) is 11.6 Å². The van der Waals surface area contributed by atoms with E-state index in [1.54, 1.807) is 19.9 Å². The Morgan fingerprint density at radius 3 is 2.72 bits per heavy atom. The van der Waals surface area contributed by atoms with E-state index in [1.165, 1.54) is 6.07 Å². The van der Waals surface area contributed by atoms with Gasteiger partial charge in [-0.1, -0.05) is 5.16 Å². The van der Waals surface area contributed by atoms with Gasteiger partial charge in [-0.15, -0.1) is 0 Å². The molecule has 0 fully saturated rings. The van der Waals surface area contributed by atoms with Crippen LogP contribution < -0.4 is 10.5 Å². The van der Waals surface area contributed by atoms with Gasteiger partial charge in [-0.05, 0) is 25.5 Å².